The van der Waals surface area contributed by atoms with Crippen molar-refractivity contribution in [3.05, 3.63) is 69.2 Å². The van der Waals surface area contributed by atoms with Gasteiger partial charge in [-0.1, -0.05) is 73.6 Å². The summed E-state index contributed by atoms with van der Waals surface area (Å²) in [4.78, 5) is 0. The van der Waals surface area contributed by atoms with Crippen molar-refractivity contribution in [1.82, 2.24) is 0 Å². The lowest BCUT2D eigenvalue weighted by Crippen LogP contribution is -2.34. The van der Waals surface area contributed by atoms with Crippen molar-refractivity contribution in [2.24, 2.45) is 5.16 Å². The second-order valence-electron chi connectivity index (χ2n) is 8.53. The van der Waals surface area contributed by atoms with E-state index in [9.17, 15) is 5.21 Å². The molecule has 1 aromatic rings. The van der Waals surface area contributed by atoms with Gasteiger partial charge < -0.3 is 5.21 Å². The highest BCUT2D eigenvalue weighted by atomic mass is 79.9. The molecule has 0 spiro atoms. The van der Waals surface area contributed by atoms with Crippen molar-refractivity contribution in [2.45, 2.75) is 65.2 Å². The van der Waals surface area contributed by atoms with Gasteiger partial charge in [0.1, 0.15) is 5.71 Å². The summed E-state index contributed by atoms with van der Waals surface area (Å²) in [6.45, 7) is 17.1. The maximum Gasteiger partial charge on any atom is 0.113 e. The third-order valence-electron chi connectivity index (χ3n) is 5.61. The Hall–Kier alpha value is -1.61. The molecular formula is C23H30BrNO. The van der Waals surface area contributed by atoms with Gasteiger partial charge in [0.2, 0.25) is 0 Å². The molecule has 0 bridgehead atoms. The number of benzene rings is 1. The average Bonchev–Trinajstić information content (AvgIpc) is 2.58. The summed E-state index contributed by atoms with van der Waals surface area (Å²) in [5.41, 5.74) is 6.74. The van der Waals surface area contributed by atoms with Crippen LogP contribution in [0.4, 0.5) is 0 Å². The van der Waals surface area contributed by atoms with Crippen LogP contribution in [0, 0.1) is 6.92 Å². The molecule has 1 N–H and O–H groups in total. The second kappa shape index (κ2) is 7.56. The summed E-state index contributed by atoms with van der Waals surface area (Å²) < 4.78 is 0.888. The van der Waals surface area contributed by atoms with Crippen molar-refractivity contribution in [2.75, 3.05) is 0 Å². The predicted octanol–water partition coefficient (Wildman–Crippen LogP) is 6.93. The Labute approximate surface area is 166 Å². The molecule has 2 nitrogen and oxygen atoms in total. The first-order valence-electron chi connectivity index (χ1n) is 9.08. The highest BCUT2D eigenvalue weighted by Crippen LogP contribution is 2.46. The minimum Gasteiger partial charge on any atom is -0.410 e. The topological polar surface area (TPSA) is 32.6 Å². The van der Waals surface area contributed by atoms with Crippen LogP contribution in [0.25, 0.3) is 0 Å². The number of oxime groups is 1. The van der Waals surface area contributed by atoms with Gasteiger partial charge in [-0.05, 0) is 71.9 Å². The summed E-state index contributed by atoms with van der Waals surface area (Å²) in [5, 5.41) is 13.4. The monoisotopic (exact) mass is 415 g/mol. The van der Waals surface area contributed by atoms with Crippen molar-refractivity contribution >= 4 is 21.6 Å². The fraction of sp³-hybridized carbons (Fsp3) is 0.435. The normalized spacial score (nSPS) is 19.9. The summed E-state index contributed by atoms with van der Waals surface area (Å²) in [6.07, 6.45) is 7.92. The van der Waals surface area contributed by atoms with Gasteiger partial charge in [-0.15, -0.1) is 0 Å². The Morgan fingerprint density at radius 1 is 1.12 bits per heavy atom. The number of fused-ring (bicyclic) bond motifs is 1. The highest BCUT2D eigenvalue weighted by Gasteiger charge is 2.37. The molecule has 0 aromatic heterocycles. The van der Waals surface area contributed by atoms with Crippen LogP contribution < -0.4 is 0 Å². The maximum absolute atomic E-state index is 9.73. The molecule has 1 aromatic carbocycles. The standard InChI is InChI=1S/C23H30BrNO/c1-8-17(24)10-9-15(2)21(25-26)18-14-20-19(13-16(18)3)22(4,5)11-12-23(20,6)7/h8-10,13-14,26H,1,11-12H2,2-7H3/b15-9+,17-10+,25-21-. The number of aryl methyl sites for hydroxylation is 1. The van der Waals surface area contributed by atoms with Gasteiger partial charge in [0, 0.05) is 10.0 Å². The summed E-state index contributed by atoms with van der Waals surface area (Å²) in [5.74, 6) is 0. The number of rotatable bonds is 4. The molecule has 3 heteroatoms. The second-order valence-corrected chi connectivity index (χ2v) is 9.45. The zero-order chi connectivity index (χ0) is 19.7. The fourth-order valence-electron chi connectivity index (χ4n) is 3.67. The van der Waals surface area contributed by atoms with E-state index in [0.717, 1.165) is 27.6 Å². The minimum absolute atomic E-state index is 0.122. The van der Waals surface area contributed by atoms with Gasteiger partial charge in [-0.2, -0.15) is 0 Å². The molecule has 2 rings (SSSR count). The van der Waals surface area contributed by atoms with Gasteiger partial charge in [-0.25, -0.2) is 0 Å². The lowest BCUT2D eigenvalue weighted by molar-refractivity contribution is 0.319. The largest absolute Gasteiger partial charge is 0.410 e. The lowest BCUT2D eigenvalue weighted by atomic mass is 9.62. The maximum atomic E-state index is 9.73. The average molecular weight is 416 g/mol. The molecule has 26 heavy (non-hydrogen) atoms. The van der Waals surface area contributed by atoms with E-state index in [1.54, 1.807) is 6.08 Å². The Balaban J connectivity index is 2.62. The van der Waals surface area contributed by atoms with Crippen molar-refractivity contribution in [1.29, 1.82) is 0 Å². The zero-order valence-corrected chi connectivity index (χ0v) is 18.4. The number of allylic oxidation sites excluding steroid dienone is 5. The van der Waals surface area contributed by atoms with Crippen LogP contribution >= 0.6 is 15.9 Å². The van der Waals surface area contributed by atoms with Crippen molar-refractivity contribution in [3.63, 3.8) is 0 Å². The number of hydrogen-bond donors (Lipinski definition) is 1. The van der Waals surface area contributed by atoms with E-state index in [1.807, 2.05) is 19.1 Å². The molecule has 0 unspecified atom stereocenters. The van der Waals surface area contributed by atoms with E-state index >= 15 is 0 Å². The molecule has 0 aliphatic heterocycles. The van der Waals surface area contributed by atoms with Gasteiger partial charge in [0.15, 0.2) is 0 Å². The third kappa shape index (κ3) is 4.03. The molecule has 0 fully saturated rings. The van der Waals surface area contributed by atoms with Crippen LogP contribution in [0.2, 0.25) is 0 Å². The van der Waals surface area contributed by atoms with Crippen molar-refractivity contribution in [3.8, 4) is 0 Å². The number of halogens is 1. The van der Waals surface area contributed by atoms with E-state index in [-0.39, 0.29) is 10.8 Å². The SMILES string of the molecule is C=C\C(Br)=C/C=C(C)/C(=N/O)c1cc2c(cc1C)C(C)(C)CCC2(C)C. The first-order chi connectivity index (χ1) is 12.0. The Bertz CT molecular complexity index is 810. The smallest absolute Gasteiger partial charge is 0.113 e. The quantitative estimate of drug-likeness (QED) is 0.245. The van der Waals surface area contributed by atoms with Crippen molar-refractivity contribution < 1.29 is 5.21 Å². The van der Waals surface area contributed by atoms with Crippen LogP contribution in [-0.4, -0.2) is 10.9 Å². The fourth-order valence-corrected chi connectivity index (χ4v) is 3.81. The molecule has 0 amide bonds. The first-order valence-corrected chi connectivity index (χ1v) is 9.88. The molecule has 140 valence electrons. The minimum atomic E-state index is 0.122. The number of nitrogens with zero attached hydrogens (tertiary/aromatic N) is 1. The zero-order valence-electron chi connectivity index (χ0n) is 16.8. The van der Waals surface area contributed by atoms with Gasteiger partial charge >= 0.3 is 0 Å². The molecule has 0 heterocycles. The summed E-state index contributed by atoms with van der Waals surface area (Å²) in [6, 6.07) is 4.53. The lowest BCUT2D eigenvalue weighted by Gasteiger charge is -2.42. The van der Waals surface area contributed by atoms with Crippen LogP contribution in [0.15, 0.2) is 52.2 Å². The molecule has 1 aliphatic rings. The van der Waals surface area contributed by atoms with Gasteiger partial charge in [-0.3, -0.25) is 0 Å². The summed E-state index contributed by atoms with van der Waals surface area (Å²) >= 11 is 3.42. The van der Waals surface area contributed by atoms with Crippen LogP contribution in [0.3, 0.4) is 0 Å². The van der Waals surface area contributed by atoms with E-state index in [0.29, 0.717) is 5.71 Å². The Morgan fingerprint density at radius 2 is 1.65 bits per heavy atom. The van der Waals surface area contributed by atoms with Gasteiger partial charge in [0.05, 0.1) is 0 Å². The summed E-state index contributed by atoms with van der Waals surface area (Å²) in [7, 11) is 0. The molecule has 1 aliphatic carbocycles. The molecule has 0 saturated heterocycles. The van der Waals surface area contributed by atoms with E-state index in [4.69, 9.17) is 0 Å². The van der Waals surface area contributed by atoms with Crippen LogP contribution in [0.1, 0.15) is 69.7 Å². The predicted molar refractivity (Wildman–Crippen MR) is 116 cm³/mol. The molecule has 0 radical (unpaired) electrons. The van der Waals surface area contributed by atoms with E-state index in [2.05, 4.69) is 74.4 Å². The first kappa shape index (κ1) is 20.7. The molecule has 0 saturated carbocycles. The Kier molecular flexibility index (Phi) is 6.02. The van der Waals surface area contributed by atoms with Gasteiger partial charge in [0.25, 0.3) is 0 Å². The Morgan fingerprint density at radius 3 is 2.15 bits per heavy atom. The van der Waals surface area contributed by atoms with E-state index in [1.165, 1.54) is 17.5 Å². The third-order valence-corrected chi connectivity index (χ3v) is 6.20. The van der Waals surface area contributed by atoms with E-state index < -0.39 is 0 Å². The van der Waals surface area contributed by atoms with Crippen LogP contribution in [-0.2, 0) is 10.8 Å². The highest BCUT2D eigenvalue weighted by molar-refractivity contribution is 9.11. The molecule has 0 atom stereocenters. The molecular weight excluding hydrogens is 386 g/mol. The number of hydrogen-bond acceptors (Lipinski definition) is 2. The van der Waals surface area contributed by atoms with Crippen LogP contribution in [0.5, 0.6) is 0 Å².